The molecule has 2 fully saturated rings. The van der Waals surface area contributed by atoms with Crippen LogP contribution in [-0.2, 0) is 4.74 Å². The van der Waals surface area contributed by atoms with Crippen molar-refractivity contribution in [3.63, 3.8) is 0 Å². The van der Waals surface area contributed by atoms with E-state index in [0.29, 0.717) is 11.8 Å². The summed E-state index contributed by atoms with van der Waals surface area (Å²) in [6, 6.07) is 0. The highest BCUT2D eigenvalue weighted by Crippen LogP contribution is 2.60. The van der Waals surface area contributed by atoms with Crippen LogP contribution in [0.3, 0.4) is 0 Å². The maximum Gasteiger partial charge on any atom is 0.107 e. The molecule has 0 amide bonds. The molecule has 0 spiro atoms. The minimum Gasteiger partial charge on any atom is -0.492 e. The molecule has 1 saturated carbocycles. The van der Waals surface area contributed by atoms with E-state index in [1.165, 1.54) is 6.42 Å². The molecule has 70 valence electrons. The molecule has 0 N–H and O–H groups in total. The second-order valence-electron chi connectivity index (χ2n) is 5.17. The van der Waals surface area contributed by atoms with E-state index in [-0.39, 0.29) is 5.60 Å². The van der Waals surface area contributed by atoms with E-state index in [1.807, 2.05) is 0 Å². The largest absolute Gasteiger partial charge is 0.492 e. The summed E-state index contributed by atoms with van der Waals surface area (Å²) in [5, 5.41) is 0. The Morgan fingerprint density at radius 2 is 2.08 bits per heavy atom. The third-order valence-electron chi connectivity index (χ3n) is 4.03. The van der Waals surface area contributed by atoms with E-state index in [4.69, 9.17) is 4.74 Å². The minimum absolute atomic E-state index is 0.0198. The molecule has 0 aromatic rings. The summed E-state index contributed by atoms with van der Waals surface area (Å²) >= 11 is 0. The highest BCUT2D eigenvalue weighted by atomic mass is 16.5. The van der Waals surface area contributed by atoms with Crippen molar-refractivity contribution in [3.8, 4) is 0 Å². The lowest BCUT2D eigenvalue weighted by Crippen LogP contribution is -2.32. The average Bonchev–Trinajstić information content (AvgIpc) is 2.63. The Kier molecular flexibility index (Phi) is 1.19. The lowest BCUT2D eigenvalue weighted by Gasteiger charge is -2.28. The van der Waals surface area contributed by atoms with Crippen LogP contribution in [0.2, 0.25) is 0 Å². The van der Waals surface area contributed by atoms with Crippen molar-refractivity contribution >= 4 is 0 Å². The minimum atomic E-state index is 0.0198. The van der Waals surface area contributed by atoms with Crippen LogP contribution in [0, 0.1) is 23.7 Å². The predicted octanol–water partition coefficient (Wildman–Crippen LogP) is 2.75. The van der Waals surface area contributed by atoms with Gasteiger partial charge in [-0.1, -0.05) is 18.7 Å². The van der Waals surface area contributed by atoms with Gasteiger partial charge in [0.2, 0.25) is 0 Å². The Morgan fingerprint density at radius 1 is 1.38 bits per heavy atom. The SMILES string of the molecule is C=C1OC(C)(C)C2C3C=CC(C3)C12. The highest BCUT2D eigenvalue weighted by Gasteiger charge is 2.58. The zero-order chi connectivity index (χ0) is 9.22. The van der Waals surface area contributed by atoms with Crippen LogP contribution < -0.4 is 0 Å². The van der Waals surface area contributed by atoms with E-state index in [1.54, 1.807) is 0 Å². The molecule has 1 saturated heterocycles. The number of fused-ring (bicyclic) bond motifs is 5. The molecule has 1 heteroatoms. The van der Waals surface area contributed by atoms with Crippen molar-refractivity contribution in [1.82, 2.24) is 0 Å². The Labute approximate surface area is 79.5 Å². The van der Waals surface area contributed by atoms with Gasteiger partial charge < -0.3 is 4.74 Å². The van der Waals surface area contributed by atoms with E-state index in [2.05, 4.69) is 32.6 Å². The molecular weight excluding hydrogens is 160 g/mol. The molecule has 0 aromatic heterocycles. The van der Waals surface area contributed by atoms with E-state index < -0.39 is 0 Å². The monoisotopic (exact) mass is 176 g/mol. The fourth-order valence-corrected chi connectivity index (χ4v) is 3.68. The molecule has 2 bridgehead atoms. The Morgan fingerprint density at radius 3 is 2.77 bits per heavy atom. The normalized spacial score (nSPS) is 49.5. The van der Waals surface area contributed by atoms with Crippen LogP contribution in [0.25, 0.3) is 0 Å². The van der Waals surface area contributed by atoms with Gasteiger partial charge in [0, 0.05) is 11.8 Å². The van der Waals surface area contributed by atoms with Crippen LogP contribution in [0.4, 0.5) is 0 Å². The zero-order valence-corrected chi connectivity index (χ0v) is 8.29. The summed E-state index contributed by atoms with van der Waals surface area (Å²) in [5.41, 5.74) is 0.0198. The molecule has 2 aliphatic carbocycles. The topological polar surface area (TPSA) is 9.23 Å². The number of hydrogen-bond donors (Lipinski definition) is 0. The van der Waals surface area contributed by atoms with E-state index in [9.17, 15) is 0 Å². The maximum absolute atomic E-state index is 5.86. The lowest BCUT2D eigenvalue weighted by atomic mass is 9.76. The summed E-state index contributed by atoms with van der Waals surface area (Å²) in [6.45, 7) is 8.47. The fourth-order valence-electron chi connectivity index (χ4n) is 3.68. The summed E-state index contributed by atoms with van der Waals surface area (Å²) in [4.78, 5) is 0. The Balaban J connectivity index is 2.06. The van der Waals surface area contributed by atoms with Crippen LogP contribution in [-0.4, -0.2) is 5.60 Å². The maximum atomic E-state index is 5.86. The van der Waals surface area contributed by atoms with Gasteiger partial charge >= 0.3 is 0 Å². The molecule has 1 heterocycles. The molecule has 3 rings (SSSR count). The van der Waals surface area contributed by atoms with Gasteiger partial charge in [-0.25, -0.2) is 0 Å². The van der Waals surface area contributed by atoms with Crippen molar-refractivity contribution in [2.45, 2.75) is 25.9 Å². The first-order valence-corrected chi connectivity index (χ1v) is 5.16. The molecule has 4 unspecified atom stereocenters. The van der Waals surface area contributed by atoms with Gasteiger partial charge in [0.15, 0.2) is 0 Å². The fraction of sp³-hybridized carbons (Fsp3) is 0.667. The Bertz CT molecular complexity index is 300. The second-order valence-corrected chi connectivity index (χ2v) is 5.17. The first-order valence-electron chi connectivity index (χ1n) is 5.16. The highest BCUT2D eigenvalue weighted by molar-refractivity contribution is 5.25. The van der Waals surface area contributed by atoms with Gasteiger partial charge in [0.25, 0.3) is 0 Å². The van der Waals surface area contributed by atoms with Crippen molar-refractivity contribution in [2.24, 2.45) is 23.7 Å². The van der Waals surface area contributed by atoms with Gasteiger partial charge in [-0.15, -0.1) is 0 Å². The van der Waals surface area contributed by atoms with Gasteiger partial charge in [-0.3, -0.25) is 0 Å². The number of hydrogen-bond acceptors (Lipinski definition) is 1. The molecule has 3 aliphatic rings. The molecular formula is C12H16O. The van der Waals surface area contributed by atoms with Crippen LogP contribution in [0.5, 0.6) is 0 Å². The number of allylic oxidation sites excluding steroid dienone is 3. The summed E-state index contributed by atoms with van der Waals surface area (Å²) in [6.07, 6.45) is 6.08. The quantitative estimate of drug-likeness (QED) is 0.516. The van der Waals surface area contributed by atoms with Crippen molar-refractivity contribution < 1.29 is 4.74 Å². The van der Waals surface area contributed by atoms with Crippen LogP contribution in [0.15, 0.2) is 24.5 Å². The molecule has 1 aliphatic heterocycles. The molecule has 13 heavy (non-hydrogen) atoms. The number of rotatable bonds is 0. The van der Waals surface area contributed by atoms with Crippen molar-refractivity contribution in [3.05, 3.63) is 24.5 Å². The lowest BCUT2D eigenvalue weighted by molar-refractivity contribution is 0.0315. The zero-order valence-electron chi connectivity index (χ0n) is 8.29. The smallest absolute Gasteiger partial charge is 0.107 e. The molecule has 0 radical (unpaired) electrons. The van der Waals surface area contributed by atoms with Crippen LogP contribution in [0.1, 0.15) is 20.3 Å². The summed E-state index contributed by atoms with van der Waals surface area (Å²) in [7, 11) is 0. The van der Waals surface area contributed by atoms with Crippen molar-refractivity contribution in [1.29, 1.82) is 0 Å². The standard InChI is InChI=1S/C12H16O/c1-7-10-8-4-5-9(6-8)11(10)12(2,3)13-7/h4-5,8-11H,1,6H2,2-3H3. The molecule has 4 atom stereocenters. The summed E-state index contributed by atoms with van der Waals surface area (Å²) in [5.74, 6) is 3.82. The first-order chi connectivity index (χ1) is 6.09. The van der Waals surface area contributed by atoms with Gasteiger partial charge in [-0.05, 0) is 32.1 Å². The first kappa shape index (κ1) is 7.66. The molecule has 1 nitrogen and oxygen atoms in total. The van der Waals surface area contributed by atoms with Gasteiger partial charge in [-0.2, -0.15) is 0 Å². The average molecular weight is 176 g/mol. The van der Waals surface area contributed by atoms with Gasteiger partial charge in [0.05, 0.1) is 5.76 Å². The van der Waals surface area contributed by atoms with Gasteiger partial charge in [0.1, 0.15) is 5.60 Å². The van der Waals surface area contributed by atoms with E-state index >= 15 is 0 Å². The molecule has 0 aromatic carbocycles. The van der Waals surface area contributed by atoms with Crippen LogP contribution >= 0.6 is 0 Å². The third kappa shape index (κ3) is 0.780. The predicted molar refractivity (Wildman–Crippen MR) is 52.0 cm³/mol. The third-order valence-corrected chi connectivity index (χ3v) is 4.03. The number of ether oxygens (including phenoxy) is 1. The van der Waals surface area contributed by atoms with Crippen molar-refractivity contribution in [2.75, 3.05) is 0 Å². The van der Waals surface area contributed by atoms with E-state index in [0.717, 1.165) is 17.6 Å². The second kappa shape index (κ2) is 2.02. The summed E-state index contributed by atoms with van der Waals surface area (Å²) < 4.78 is 5.86. The Hall–Kier alpha value is -0.720.